The molecule has 16 nitrogen and oxygen atoms in total. The SMILES string of the molecule is CC1(C)C(/C=C/C2=C(c3ccc(CCC(=O)O)cc3)C(=C/C=C3/N(CCCCS(=O)(=O)O)c4ccc(S(=O)(=O)O)cc4C3(C)C)/CCC2)=[N+](CCCCS(=O)(=O)O)c2ccc(S(=O)(=O)O)cc21. The summed E-state index contributed by atoms with van der Waals surface area (Å²) in [4.78, 5) is 12.8. The van der Waals surface area contributed by atoms with E-state index in [2.05, 4.69) is 0 Å². The number of rotatable bonds is 19. The number of anilines is 1. The number of carbonyl (C=O) groups is 1. The second-order valence-corrected chi connectivity index (χ2v) is 24.1. The third-order valence-electron chi connectivity index (χ3n) is 12.7. The molecular formula is C47H57N2O14S4+. The summed E-state index contributed by atoms with van der Waals surface area (Å²) < 4.78 is 136. The molecule has 0 radical (unpaired) electrons. The second-order valence-electron chi connectivity index (χ2n) is 18.2. The van der Waals surface area contributed by atoms with Crippen LogP contribution in [0.5, 0.6) is 0 Å². The van der Waals surface area contributed by atoms with Crippen molar-refractivity contribution in [2.45, 2.75) is 106 Å². The van der Waals surface area contributed by atoms with Crippen molar-refractivity contribution in [1.82, 2.24) is 0 Å². The van der Waals surface area contributed by atoms with E-state index in [0.29, 0.717) is 67.7 Å². The van der Waals surface area contributed by atoms with Gasteiger partial charge in [0.05, 0.1) is 26.7 Å². The summed E-state index contributed by atoms with van der Waals surface area (Å²) in [7, 11) is -17.5. The average molecular weight is 1000 g/mol. The van der Waals surface area contributed by atoms with Crippen LogP contribution in [0.4, 0.5) is 11.4 Å². The molecule has 3 aromatic rings. The van der Waals surface area contributed by atoms with E-state index in [1.165, 1.54) is 24.3 Å². The lowest BCUT2D eigenvalue weighted by Crippen LogP contribution is -2.28. The molecule has 3 aliphatic rings. The lowest BCUT2D eigenvalue weighted by molar-refractivity contribution is -0.438. The zero-order valence-electron chi connectivity index (χ0n) is 37.7. The predicted octanol–water partition coefficient (Wildman–Crippen LogP) is 7.71. The molecule has 2 heterocycles. The van der Waals surface area contributed by atoms with E-state index in [1.54, 1.807) is 12.1 Å². The molecule has 1 aliphatic carbocycles. The Morgan fingerprint density at radius 2 is 1.30 bits per heavy atom. The largest absolute Gasteiger partial charge is 0.481 e. The normalized spacial score (nSPS) is 18.7. The van der Waals surface area contributed by atoms with Crippen LogP contribution in [-0.4, -0.2) is 97.8 Å². The molecule has 0 amide bonds. The molecule has 20 heteroatoms. The van der Waals surface area contributed by atoms with Crippen LogP contribution >= 0.6 is 0 Å². The van der Waals surface area contributed by atoms with Crippen LogP contribution in [0, 0.1) is 0 Å². The van der Waals surface area contributed by atoms with Gasteiger partial charge in [-0.15, -0.1) is 0 Å². The molecule has 362 valence electrons. The molecule has 5 N–H and O–H groups in total. The highest BCUT2D eigenvalue weighted by Crippen LogP contribution is 2.49. The van der Waals surface area contributed by atoms with E-state index in [9.17, 15) is 61.8 Å². The van der Waals surface area contributed by atoms with Gasteiger partial charge in [-0.25, -0.2) is 0 Å². The quantitative estimate of drug-likeness (QED) is 0.0438. The minimum absolute atomic E-state index is 0.0419. The first kappa shape index (κ1) is 51.6. The Balaban J connectivity index is 1.49. The van der Waals surface area contributed by atoms with Gasteiger partial charge >= 0.3 is 5.97 Å². The summed E-state index contributed by atoms with van der Waals surface area (Å²) in [6.45, 7) is 8.36. The molecule has 67 heavy (non-hydrogen) atoms. The maximum atomic E-state index is 12.3. The number of fused-ring (bicyclic) bond motifs is 2. The number of aryl methyl sites for hydroxylation is 1. The van der Waals surface area contributed by atoms with Crippen LogP contribution < -0.4 is 4.90 Å². The first-order chi connectivity index (χ1) is 31.1. The van der Waals surface area contributed by atoms with Crippen molar-refractivity contribution in [3.63, 3.8) is 0 Å². The van der Waals surface area contributed by atoms with E-state index < -0.39 is 68.8 Å². The number of carboxylic acid groups (broad SMARTS) is 1. The Labute approximate surface area is 393 Å². The predicted molar refractivity (Wildman–Crippen MR) is 255 cm³/mol. The van der Waals surface area contributed by atoms with Crippen molar-refractivity contribution >= 4 is 69.1 Å². The molecule has 3 aromatic carbocycles. The van der Waals surface area contributed by atoms with Gasteiger partial charge in [-0.2, -0.15) is 38.2 Å². The second kappa shape index (κ2) is 19.7. The minimum Gasteiger partial charge on any atom is -0.481 e. The summed E-state index contributed by atoms with van der Waals surface area (Å²) >= 11 is 0. The number of nitrogens with zero attached hydrogens (tertiary/aromatic N) is 2. The smallest absolute Gasteiger partial charge is 0.303 e. The zero-order valence-corrected chi connectivity index (χ0v) is 41.0. The lowest BCUT2D eigenvalue weighted by atomic mass is 9.79. The Morgan fingerprint density at radius 1 is 0.701 bits per heavy atom. The maximum Gasteiger partial charge on any atom is 0.303 e. The first-order valence-electron chi connectivity index (χ1n) is 21.8. The van der Waals surface area contributed by atoms with Gasteiger partial charge in [0.2, 0.25) is 5.69 Å². The van der Waals surface area contributed by atoms with Crippen LogP contribution in [0.2, 0.25) is 0 Å². The lowest BCUT2D eigenvalue weighted by Gasteiger charge is -2.28. The van der Waals surface area contributed by atoms with Gasteiger partial charge in [-0.1, -0.05) is 50.3 Å². The molecule has 6 rings (SSSR count). The summed E-state index contributed by atoms with van der Waals surface area (Å²) in [5.74, 6) is -1.78. The number of aliphatic carboxylic acids is 1. The van der Waals surface area contributed by atoms with Crippen molar-refractivity contribution < 1.29 is 66.4 Å². The van der Waals surface area contributed by atoms with E-state index in [-0.39, 0.29) is 29.1 Å². The van der Waals surface area contributed by atoms with Crippen molar-refractivity contribution in [3.8, 4) is 0 Å². The summed E-state index contributed by atoms with van der Waals surface area (Å²) in [5, 5.41) is 9.33. The van der Waals surface area contributed by atoms with Crippen LogP contribution in [-0.2, 0) is 62.5 Å². The molecule has 2 aliphatic heterocycles. The molecule has 0 aromatic heterocycles. The van der Waals surface area contributed by atoms with Crippen LogP contribution in [0.25, 0.3) is 5.57 Å². The Hall–Kier alpha value is -4.80. The van der Waals surface area contributed by atoms with Gasteiger partial charge in [0.1, 0.15) is 6.54 Å². The van der Waals surface area contributed by atoms with Gasteiger partial charge in [0.25, 0.3) is 40.5 Å². The average Bonchev–Trinajstić information content (AvgIpc) is 3.57. The molecular weight excluding hydrogens is 945 g/mol. The standard InChI is InChI=1S/C47H56N2O14S4/c1-46(2)38-30-36(66(58,59)60)19-21-40(38)48(26-5-7-28-64(52,53)54)42(46)23-17-33-10-9-11-34(45(33)35-15-12-32(13-16-35)14-25-44(50)51)18-24-43-47(3,4)39-31-37(67(61,62)63)20-22-41(39)49(43)27-6-8-29-65(55,56)57/h12-13,15-24,30-31H,5-11,14,25-29H2,1-4H3,(H4-,50,51,52,53,54,55,56,57,58,59,60,61,62,63)/p+1. The van der Waals surface area contributed by atoms with Gasteiger partial charge in [0, 0.05) is 53.9 Å². The summed E-state index contributed by atoms with van der Waals surface area (Å²) in [6.07, 6.45) is 11.3. The zero-order chi connectivity index (χ0) is 49.3. The van der Waals surface area contributed by atoms with Crippen molar-refractivity contribution in [1.29, 1.82) is 0 Å². The van der Waals surface area contributed by atoms with Gasteiger partial charge in [0.15, 0.2) is 5.71 Å². The molecule has 0 atom stereocenters. The summed E-state index contributed by atoms with van der Waals surface area (Å²) in [6, 6.07) is 16.4. The molecule has 0 unspecified atom stereocenters. The number of hydrogen-bond donors (Lipinski definition) is 5. The van der Waals surface area contributed by atoms with Crippen molar-refractivity contribution in [2.24, 2.45) is 0 Å². The first-order valence-corrected chi connectivity index (χ1v) is 27.9. The van der Waals surface area contributed by atoms with Crippen LogP contribution in [0.3, 0.4) is 0 Å². The highest BCUT2D eigenvalue weighted by Gasteiger charge is 2.45. The highest BCUT2D eigenvalue weighted by molar-refractivity contribution is 7.86. The number of benzene rings is 3. The summed E-state index contributed by atoms with van der Waals surface area (Å²) in [5.41, 5.74) is 7.06. The van der Waals surface area contributed by atoms with E-state index >= 15 is 0 Å². The maximum absolute atomic E-state index is 12.3. The Bertz CT molecular complexity index is 3070. The van der Waals surface area contributed by atoms with E-state index in [1.807, 2.05) is 85.7 Å². The molecule has 0 saturated carbocycles. The van der Waals surface area contributed by atoms with Gasteiger partial charge in [-0.3, -0.25) is 23.0 Å². The number of unbranched alkanes of at least 4 members (excludes halogenated alkanes) is 2. The third-order valence-corrected chi connectivity index (χ3v) is 16.0. The van der Waals surface area contributed by atoms with Gasteiger partial charge in [-0.05, 0) is 129 Å². The fourth-order valence-corrected chi connectivity index (χ4v) is 11.5. The number of hydrogen-bond acceptors (Lipinski definition) is 10. The minimum atomic E-state index is -4.54. The van der Waals surface area contributed by atoms with Crippen LogP contribution in [0.1, 0.15) is 101 Å². The highest BCUT2D eigenvalue weighted by atomic mass is 32.2. The van der Waals surface area contributed by atoms with Gasteiger partial charge < -0.3 is 10.0 Å². The van der Waals surface area contributed by atoms with Crippen molar-refractivity contribution in [3.05, 3.63) is 124 Å². The van der Waals surface area contributed by atoms with Crippen LogP contribution in [0.15, 0.2) is 112 Å². The number of allylic oxidation sites excluding steroid dienone is 8. The number of carboxylic acids is 1. The Morgan fingerprint density at radius 3 is 1.90 bits per heavy atom. The Kier molecular flexibility index (Phi) is 15.1. The fourth-order valence-electron chi connectivity index (χ4n) is 9.30. The molecule has 0 bridgehead atoms. The molecule has 0 spiro atoms. The van der Waals surface area contributed by atoms with E-state index in [4.69, 9.17) is 0 Å². The van der Waals surface area contributed by atoms with E-state index in [0.717, 1.165) is 45.7 Å². The molecule has 0 saturated heterocycles. The topological polar surface area (TPSA) is 261 Å². The molecule has 0 fully saturated rings. The third kappa shape index (κ3) is 12.3. The van der Waals surface area contributed by atoms with Crippen molar-refractivity contribution in [2.75, 3.05) is 29.5 Å². The monoisotopic (exact) mass is 1000 g/mol. The fraction of sp³-hybridized carbons (Fsp3) is 0.404.